The van der Waals surface area contributed by atoms with Crippen LogP contribution in [0.2, 0.25) is 0 Å². The summed E-state index contributed by atoms with van der Waals surface area (Å²) in [6.45, 7) is 5.07. The van der Waals surface area contributed by atoms with Crippen LogP contribution >= 0.6 is 0 Å². The molecule has 0 amide bonds. The lowest BCUT2D eigenvalue weighted by molar-refractivity contribution is -0.117. The van der Waals surface area contributed by atoms with Crippen LogP contribution in [0.4, 0.5) is 4.39 Å². The van der Waals surface area contributed by atoms with Gasteiger partial charge in [-0.2, -0.15) is 0 Å². The molecule has 21 heavy (non-hydrogen) atoms. The van der Waals surface area contributed by atoms with Gasteiger partial charge in [0.1, 0.15) is 5.82 Å². The first kappa shape index (κ1) is 15.0. The Hall–Kier alpha value is -0.930. The van der Waals surface area contributed by atoms with E-state index in [1.165, 1.54) is 6.07 Å². The van der Waals surface area contributed by atoms with E-state index in [9.17, 15) is 9.50 Å². The van der Waals surface area contributed by atoms with Crippen molar-refractivity contribution in [3.8, 4) is 0 Å². The molecule has 0 bridgehead atoms. The molecule has 3 rings (SSSR count). The predicted octanol–water partition coefficient (Wildman–Crippen LogP) is 3.50. The van der Waals surface area contributed by atoms with Gasteiger partial charge in [-0.15, -0.1) is 0 Å². The molecular weight excluding hydrogens is 265 g/mol. The molecule has 2 nitrogen and oxygen atoms in total. The summed E-state index contributed by atoms with van der Waals surface area (Å²) in [5, 5.41) is 11.5. The van der Waals surface area contributed by atoms with E-state index in [2.05, 4.69) is 13.8 Å². The summed E-state index contributed by atoms with van der Waals surface area (Å²) in [6.07, 6.45) is 5.48. The lowest BCUT2D eigenvalue weighted by Crippen LogP contribution is -2.52. The zero-order valence-corrected chi connectivity index (χ0v) is 13.1. The molecule has 3 heteroatoms. The molecule has 2 aliphatic rings. The molecular formula is C18H26FNO. The molecule has 0 saturated heterocycles. The van der Waals surface area contributed by atoms with Gasteiger partial charge in [-0.25, -0.2) is 4.39 Å². The fraction of sp³-hybridized carbons (Fsp3) is 0.667. The number of hydrogen-bond donors (Lipinski definition) is 2. The summed E-state index contributed by atoms with van der Waals surface area (Å²) >= 11 is 0. The number of nitrogens with two attached hydrogens (primary N) is 1. The number of halogens is 1. The molecule has 0 aromatic heterocycles. The Morgan fingerprint density at radius 2 is 1.81 bits per heavy atom. The van der Waals surface area contributed by atoms with Crippen molar-refractivity contribution < 1.29 is 9.50 Å². The molecule has 1 aromatic rings. The van der Waals surface area contributed by atoms with Crippen molar-refractivity contribution in [2.24, 2.45) is 16.6 Å². The average Bonchev–Trinajstić information content (AvgIpc) is 2.78. The lowest BCUT2D eigenvalue weighted by Gasteiger charge is -2.51. The Kier molecular flexibility index (Phi) is 3.42. The zero-order chi connectivity index (χ0) is 15.3. The van der Waals surface area contributed by atoms with E-state index >= 15 is 0 Å². The smallest absolute Gasteiger partial charge is 0.123 e. The van der Waals surface area contributed by atoms with Crippen LogP contribution in [0.15, 0.2) is 18.2 Å². The topological polar surface area (TPSA) is 46.2 Å². The van der Waals surface area contributed by atoms with Crippen molar-refractivity contribution >= 4 is 0 Å². The molecule has 3 N–H and O–H groups in total. The Labute approximate surface area is 126 Å². The SMILES string of the molecule is CC1(C)CCC(CN)(C2(O)CCc3cc(F)ccc32)CC1. The minimum Gasteiger partial charge on any atom is -0.385 e. The maximum absolute atomic E-state index is 13.4. The van der Waals surface area contributed by atoms with Crippen molar-refractivity contribution in [2.75, 3.05) is 6.54 Å². The van der Waals surface area contributed by atoms with Crippen molar-refractivity contribution in [3.05, 3.63) is 35.1 Å². The van der Waals surface area contributed by atoms with Gasteiger partial charge in [-0.1, -0.05) is 19.9 Å². The Balaban J connectivity index is 1.99. The van der Waals surface area contributed by atoms with E-state index in [1.807, 2.05) is 0 Å². The highest BCUT2D eigenvalue weighted by molar-refractivity contribution is 5.40. The van der Waals surface area contributed by atoms with Gasteiger partial charge in [0, 0.05) is 12.0 Å². The summed E-state index contributed by atoms with van der Waals surface area (Å²) < 4.78 is 13.4. The number of fused-ring (bicyclic) bond motifs is 1. The third-order valence-corrected chi connectivity index (χ3v) is 6.10. The Morgan fingerprint density at radius 1 is 1.14 bits per heavy atom. The van der Waals surface area contributed by atoms with E-state index in [1.54, 1.807) is 12.1 Å². The minimum atomic E-state index is -0.888. The second-order valence-corrected chi connectivity index (χ2v) is 7.81. The van der Waals surface area contributed by atoms with Crippen LogP contribution in [-0.2, 0) is 12.0 Å². The molecule has 1 fully saturated rings. The second kappa shape index (κ2) is 4.79. The first-order chi connectivity index (χ1) is 9.82. The second-order valence-electron chi connectivity index (χ2n) is 7.81. The molecule has 1 unspecified atom stereocenters. The van der Waals surface area contributed by atoms with Crippen LogP contribution in [0.25, 0.3) is 0 Å². The van der Waals surface area contributed by atoms with E-state index in [4.69, 9.17) is 5.73 Å². The van der Waals surface area contributed by atoms with Crippen LogP contribution in [-0.4, -0.2) is 11.7 Å². The van der Waals surface area contributed by atoms with Gasteiger partial charge in [0.15, 0.2) is 0 Å². The monoisotopic (exact) mass is 291 g/mol. The van der Waals surface area contributed by atoms with Gasteiger partial charge in [0.2, 0.25) is 0 Å². The average molecular weight is 291 g/mol. The highest BCUT2D eigenvalue weighted by Gasteiger charge is 2.55. The standard InChI is InChI=1S/C18H26FNO/c1-16(2)7-9-17(12-20,10-8-16)18(21)6-5-13-11-14(19)3-4-15(13)18/h3-4,11,21H,5-10,12,20H2,1-2H3. The first-order valence-corrected chi connectivity index (χ1v) is 8.03. The highest BCUT2D eigenvalue weighted by atomic mass is 19.1. The normalized spacial score (nSPS) is 30.1. The van der Waals surface area contributed by atoms with Gasteiger partial charge in [-0.05, 0) is 67.2 Å². The lowest BCUT2D eigenvalue weighted by atomic mass is 9.57. The van der Waals surface area contributed by atoms with Crippen LogP contribution in [0.5, 0.6) is 0 Å². The van der Waals surface area contributed by atoms with Crippen LogP contribution in [0.1, 0.15) is 57.1 Å². The molecule has 1 aromatic carbocycles. The fourth-order valence-electron chi connectivity index (χ4n) is 4.37. The number of aliphatic hydroxyl groups is 1. The molecule has 0 spiro atoms. The summed E-state index contributed by atoms with van der Waals surface area (Å²) in [4.78, 5) is 0. The van der Waals surface area contributed by atoms with E-state index < -0.39 is 5.60 Å². The number of hydrogen-bond acceptors (Lipinski definition) is 2. The molecule has 0 heterocycles. The Morgan fingerprint density at radius 3 is 2.43 bits per heavy atom. The van der Waals surface area contributed by atoms with Gasteiger partial charge in [-0.3, -0.25) is 0 Å². The highest BCUT2D eigenvalue weighted by Crippen LogP contribution is 2.57. The van der Waals surface area contributed by atoms with Gasteiger partial charge in [0.25, 0.3) is 0 Å². The maximum atomic E-state index is 13.4. The molecule has 2 aliphatic carbocycles. The third-order valence-electron chi connectivity index (χ3n) is 6.10. The molecule has 0 radical (unpaired) electrons. The van der Waals surface area contributed by atoms with E-state index in [0.717, 1.165) is 43.2 Å². The number of aryl methyl sites for hydroxylation is 1. The number of benzene rings is 1. The molecule has 1 saturated carbocycles. The van der Waals surface area contributed by atoms with Crippen molar-refractivity contribution in [1.29, 1.82) is 0 Å². The first-order valence-electron chi connectivity index (χ1n) is 8.03. The molecule has 1 atom stereocenters. The van der Waals surface area contributed by atoms with Crippen LogP contribution < -0.4 is 5.73 Å². The van der Waals surface area contributed by atoms with Crippen LogP contribution in [0, 0.1) is 16.6 Å². The zero-order valence-electron chi connectivity index (χ0n) is 13.1. The predicted molar refractivity (Wildman–Crippen MR) is 82.4 cm³/mol. The van der Waals surface area contributed by atoms with Gasteiger partial charge < -0.3 is 10.8 Å². The van der Waals surface area contributed by atoms with Crippen molar-refractivity contribution in [2.45, 2.75) is 58.0 Å². The summed E-state index contributed by atoms with van der Waals surface area (Å²) in [5.74, 6) is -0.218. The molecule has 0 aliphatic heterocycles. The third kappa shape index (κ3) is 2.22. The van der Waals surface area contributed by atoms with Crippen molar-refractivity contribution in [1.82, 2.24) is 0 Å². The fourth-order valence-corrected chi connectivity index (χ4v) is 4.37. The minimum absolute atomic E-state index is 0.218. The quantitative estimate of drug-likeness (QED) is 0.876. The summed E-state index contributed by atoms with van der Waals surface area (Å²) in [5.41, 5.74) is 7.20. The maximum Gasteiger partial charge on any atom is 0.123 e. The van der Waals surface area contributed by atoms with Crippen LogP contribution in [0.3, 0.4) is 0 Å². The number of rotatable bonds is 2. The van der Waals surface area contributed by atoms with E-state index in [0.29, 0.717) is 18.4 Å². The summed E-state index contributed by atoms with van der Waals surface area (Å²) in [6, 6.07) is 4.81. The van der Waals surface area contributed by atoms with E-state index in [-0.39, 0.29) is 11.2 Å². The van der Waals surface area contributed by atoms with Gasteiger partial charge >= 0.3 is 0 Å². The van der Waals surface area contributed by atoms with Gasteiger partial charge in [0.05, 0.1) is 5.60 Å². The summed E-state index contributed by atoms with van der Waals surface area (Å²) in [7, 11) is 0. The van der Waals surface area contributed by atoms with Crippen molar-refractivity contribution in [3.63, 3.8) is 0 Å². The molecule has 116 valence electrons. The Bertz CT molecular complexity index is 544. The largest absolute Gasteiger partial charge is 0.385 e.